The summed E-state index contributed by atoms with van der Waals surface area (Å²) in [6.07, 6.45) is 0.175. The van der Waals surface area contributed by atoms with E-state index in [1.807, 2.05) is 63.2 Å². The second-order valence-corrected chi connectivity index (χ2v) is 6.58. The highest BCUT2D eigenvalue weighted by molar-refractivity contribution is 5.91. The van der Waals surface area contributed by atoms with Gasteiger partial charge in [-0.3, -0.25) is 20.4 Å². The minimum atomic E-state index is -0.419. The second-order valence-electron chi connectivity index (χ2n) is 6.58. The first-order valence-corrected chi connectivity index (χ1v) is 8.78. The molecule has 6 nitrogen and oxygen atoms in total. The Morgan fingerprint density at radius 1 is 0.963 bits per heavy atom. The van der Waals surface area contributed by atoms with Crippen molar-refractivity contribution in [1.82, 2.24) is 15.8 Å². The van der Waals surface area contributed by atoms with E-state index in [4.69, 9.17) is 4.74 Å². The molecule has 0 fully saturated rings. The SMILES string of the molecule is Cc1ccc(OCC(=O)NNC(=O)Cc2c(C)[nH]c3ccccc23)cc1C. The zero-order chi connectivity index (χ0) is 19.4. The third-order valence-electron chi connectivity index (χ3n) is 4.55. The summed E-state index contributed by atoms with van der Waals surface area (Å²) >= 11 is 0. The Balaban J connectivity index is 1.50. The summed E-state index contributed by atoms with van der Waals surface area (Å²) in [5, 5.41) is 1.01. The van der Waals surface area contributed by atoms with Crippen LogP contribution in [0.4, 0.5) is 0 Å². The van der Waals surface area contributed by atoms with Crippen molar-refractivity contribution in [3.05, 3.63) is 64.8 Å². The largest absolute Gasteiger partial charge is 0.484 e. The number of amides is 2. The van der Waals surface area contributed by atoms with E-state index in [-0.39, 0.29) is 18.9 Å². The van der Waals surface area contributed by atoms with Gasteiger partial charge in [-0.1, -0.05) is 24.3 Å². The van der Waals surface area contributed by atoms with Gasteiger partial charge in [-0.05, 0) is 55.7 Å². The molecule has 0 unspecified atom stereocenters. The Hall–Kier alpha value is -3.28. The Labute approximate surface area is 157 Å². The van der Waals surface area contributed by atoms with Gasteiger partial charge in [0.25, 0.3) is 5.91 Å². The molecule has 2 aromatic carbocycles. The smallest absolute Gasteiger partial charge is 0.276 e. The number of fused-ring (bicyclic) bond motifs is 1. The second kappa shape index (κ2) is 7.95. The Bertz CT molecular complexity index is 992. The topological polar surface area (TPSA) is 83.2 Å². The standard InChI is InChI=1S/C21H23N3O3/c1-13-8-9-16(10-14(13)2)27-12-21(26)24-23-20(25)11-18-15(3)22-19-7-5-4-6-17(18)19/h4-10,22H,11-12H2,1-3H3,(H,23,25)(H,24,26). The first-order chi connectivity index (χ1) is 12.9. The Morgan fingerprint density at radius 2 is 1.70 bits per heavy atom. The van der Waals surface area contributed by atoms with Crippen LogP contribution < -0.4 is 15.6 Å². The summed E-state index contributed by atoms with van der Waals surface area (Å²) in [7, 11) is 0. The molecule has 140 valence electrons. The van der Waals surface area contributed by atoms with Crippen molar-refractivity contribution in [1.29, 1.82) is 0 Å². The number of hydrogen-bond acceptors (Lipinski definition) is 3. The molecule has 3 rings (SSSR count). The van der Waals surface area contributed by atoms with E-state index >= 15 is 0 Å². The summed E-state index contributed by atoms with van der Waals surface area (Å²) in [5.41, 5.74) is 9.92. The van der Waals surface area contributed by atoms with Crippen LogP contribution in [0.3, 0.4) is 0 Å². The number of ether oxygens (including phenoxy) is 1. The quantitative estimate of drug-likeness (QED) is 0.608. The van der Waals surface area contributed by atoms with E-state index in [2.05, 4.69) is 15.8 Å². The molecule has 0 aliphatic rings. The number of aromatic nitrogens is 1. The van der Waals surface area contributed by atoms with Crippen LogP contribution in [0.1, 0.15) is 22.4 Å². The minimum Gasteiger partial charge on any atom is -0.484 e. The fourth-order valence-corrected chi connectivity index (χ4v) is 2.90. The van der Waals surface area contributed by atoms with Crippen molar-refractivity contribution >= 4 is 22.7 Å². The average molecular weight is 365 g/mol. The van der Waals surface area contributed by atoms with Gasteiger partial charge in [0.05, 0.1) is 6.42 Å². The van der Waals surface area contributed by atoms with Gasteiger partial charge in [0.15, 0.2) is 6.61 Å². The van der Waals surface area contributed by atoms with Crippen LogP contribution in [-0.2, 0) is 16.0 Å². The van der Waals surface area contributed by atoms with E-state index in [0.29, 0.717) is 5.75 Å². The molecule has 0 aliphatic heterocycles. The van der Waals surface area contributed by atoms with Gasteiger partial charge in [-0.15, -0.1) is 0 Å². The van der Waals surface area contributed by atoms with Crippen molar-refractivity contribution in [2.75, 3.05) is 6.61 Å². The molecule has 0 radical (unpaired) electrons. The summed E-state index contributed by atoms with van der Waals surface area (Å²) in [4.78, 5) is 27.3. The lowest BCUT2D eigenvalue weighted by atomic mass is 10.1. The van der Waals surface area contributed by atoms with Gasteiger partial charge < -0.3 is 9.72 Å². The molecule has 1 heterocycles. The number of aromatic amines is 1. The normalized spacial score (nSPS) is 10.6. The van der Waals surface area contributed by atoms with Crippen LogP contribution in [0.15, 0.2) is 42.5 Å². The van der Waals surface area contributed by atoms with Crippen LogP contribution in [0.5, 0.6) is 5.75 Å². The minimum absolute atomic E-state index is 0.172. The maximum absolute atomic E-state index is 12.2. The zero-order valence-electron chi connectivity index (χ0n) is 15.7. The summed E-state index contributed by atoms with van der Waals surface area (Å²) in [6.45, 7) is 5.75. The van der Waals surface area contributed by atoms with E-state index in [0.717, 1.165) is 33.3 Å². The average Bonchev–Trinajstić information content (AvgIpc) is 2.96. The van der Waals surface area contributed by atoms with Crippen LogP contribution in [0, 0.1) is 20.8 Å². The maximum atomic E-state index is 12.2. The van der Waals surface area contributed by atoms with Gasteiger partial charge in [-0.2, -0.15) is 0 Å². The molecule has 3 N–H and O–H groups in total. The molecule has 0 saturated heterocycles. The van der Waals surface area contributed by atoms with E-state index in [1.165, 1.54) is 0 Å². The number of hydrazine groups is 1. The first-order valence-electron chi connectivity index (χ1n) is 8.78. The first kappa shape index (κ1) is 18.5. The molecular weight excluding hydrogens is 342 g/mol. The fraction of sp³-hybridized carbons (Fsp3) is 0.238. The summed E-state index contributed by atoms with van der Waals surface area (Å²) in [6, 6.07) is 13.4. The van der Waals surface area contributed by atoms with Gasteiger partial charge in [0, 0.05) is 16.6 Å². The van der Waals surface area contributed by atoms with Crippen molar-refractivity contribution < 1.29 is 14.3 Å². The molecular formula is C21H23N3O3. The fourth-order valence-electron chi connectivity index (χ4n) is 2.90. The van der Waals surface area contributed by atoms with Crippen LogP contribution in [-0.4, -0.2) is 23.4 Å². The van der Waals surface area contributed by atoms with Crippen LogP contribution in [0.25, 0.3) is 10.9 Å². The zero-order valence-corrected chi connectivity index (χ0v) is 15.7. The number of aryl methyl sites for hydroxylation is 3. The lowest BCUT2D eigenvalue weighted by Gasteiger charge is -2.10. The molecule has 27 heavy (non-hydrogen) atoms. The Kier molecular flexibility index (Phi) is 5.45. The predicted octanol–water partition coefficient (Wildman–Crippen LogP) is 2.86. The highest BCUT2D eigenvalue weighted by Gasteiger charge is 2.13. The number of benzene rings is 2. The molecule has 2 amide bonds. The lowest BCUT2D eigenvalue weighted by Crippen LogP contribution is -2.44. The van der Waals surface area contributed by atoms with E-state index in [1.54, 1.807) is 0 Å². The number of carbonyl (C=O) groups excluding carboxylic acids is 2. The summed E-state index contributed by atoms with van der Waals surface area (Å²) < 4.78 is 5.45. The van der Waals surface area contributed by atoms with E-state index in [9.17, 15) is 9.59 Å². The number of H-pyrrole nitrogens is 1. The van der Waals surface area contributed by atoms with Crippen LogP contribution >= 0.6 is 0 Å². The molecule has 0 saturated carbocycles. The third-order valence-corrected chi connectivity index (χ3v) is 4.55. The number of hydrogen-bond donors (Lipinski definition) is 3. The van der Waals surface area contributed by atoms with Crippen molar-refractivity contribution in [3.63, 3.8) is 0 Å². The number of carbonyl (C=O) groups is 2. The number of para-hydroxylation sites is 1. The van der Waals surface area contributed by atoms with Gasteiger partial charge >= 0.3 is 0 Å². The highest BCUT2D eigenvalue weighted by atomic mass is 16.5. The van der Waals surface area contributed by atoms with Crippen molar-refractivity contribution in [3.8, 4) is 5.75 Å². The van der Waals surface area contributed by atoms with Gasteiger partial charge in [0.1, 0.15) is 5.75 Å². The predicted molar refractivity (Wildman–Crippen MR) is 104 cm³/mol. The lowest BCUT2D eigenvalue weighted by molar-refractivity contribution is -0.129. The Morgan fingerprint density at radius 3 is 2.48 bits per heavy atom. The number of nitrogens with one attached hydrogen (secondary N) is 3. The molecule has 3 aromatic rings. The van der Waals surface area contributed by atoms with Crippen LogP contribution in [0.2, 0.25) is 0 Å². The molecule has 0 bridgehead atoms. The molecule has 1 aromatic heterocycles. The van der Waals surface area contributed by atoms with Crippen molar-refractivity contribution in [2.24, 2.45) is 0 Å². The van der Waals surface area contributed by atoms with Crippen molar-refractivity contribution in [2.45, 2.75) is 27.2 Å². The highest BCUT2D eigenvalue weighted by Crippen LogP contribution is 2.22. The molecule has 0 atom stereocenters. The maximum Gasteiger partial charge on any atom is 0.276 e. The molecule has 6 heteroatoms. The number of rotatable bonds is 5. The van der Waals surface area contributed by atoms with E-state index < -0.39 is 5.91 Å². The third kappa shape index (κ3) is 4.47. The van der Waals surface area contributed by atoms with Gasteiger partial charge in [0.2, 0.25) is 5.91 Å². The monoisotopic (exact) mass is 365 g/mol. The molecule has 0 spiro atoms. The molecule has 0 aliphatic carbocycles. The van der Waals surface area contributed by atoms with Gasteiger partial charge in [-0.25, -0.2) is 0 Å². The summed E-state index contributed by atoms with van der Waals surface area (Å²) in [5.74, 6) is -0.0893.